The molecule has 0 aliphatic carbocycles. The minimum Gasteiger partial charge on any atom is -0.489 e. The lowest BCUT2D eigenvalue weighted by Crippen LogP contribution is -2.53. The zero-order chi connectivity index (χ0) is 41.7. The number of benzene rings is 3. The number of nitrogens with one attached hydrogen (secondary N) is 4. The normalized spacial score (nSPS) is 12.0. The van der Waals surface area contributed by atoms with Crippen LogP contribution >= 0.6 is 0 Å². The van der Waals surface area contributed by atoms with Gasteiger partial charge in [-0.1, -0.05) is 49.0 Å². The van der Waals surface area contributed by atoms with Gasteiger partial charge in [0.1, 0.15) is 42.3 Å². The maximum atomic E-state index is 13.5. The Bertz CT molecular complexity index is 2090. The second-order valence-corrected chi connectivity index (χ2v) is 14.0. The summed E-state index contributed by atoms with van der Waals surface area (Å²) in [7, 11) is 1.21. The zero-order valence-electron chi connectivity index (χ0n) is 32.5. The monoisotopic (exact) mass is 784 g/mol. The van der Waals surface area contributed by atoms with Crippen molar-refractivity contribution in [1.29, 1.82) is 0 Å². The van der Waals surface area contributed by atoms with Crippen LogP contribution in [0.4, 0.5) is 20.1 Å². The third-order valence-electron chi connectivity index (χ3n) is 8.20. The van der Waals surface area contributed by atoms with Gasteiger partial charge in [-0.2, -0.15) is 0 Å². The molecule has 0 radical (unpaired) electrons. The van der Waals surface area contributed by atoms with Gasteiger partial charge < -0.3 is 45.9 Å². The molecule has 0 unspecified atom stereocenters. The summed E-state index contributed by atoms with van der Waals surface area (Å²) in [5.41, 5.74) is 6.86. The molecule has 4 aromatic rings. The van der Waals surface area contributed by atoms with Crippen molar-refractivity contribution in [2.75, 3.05) is 19.0 Å². The van der Waals surface area contributed by atoms with Crippen molar-refractivity contribution in [3.63, 3.8) is 0 Å². The lowest BCUT2D eigenvalue weighted by Gasteiger charge is -2.25. The summed E-state index contributed by atoms with van der Waals surface area (Å²) in [6.45, 7) is 10.6. The first-order valence-electron chi connectivity index (χ1n) is 18.0. The van der Waals surface area contributed by atoms with E-state index in [4.69, 9.17) is 24.7 Å². The lowest BCUT2D eigenvalue weighted by molar-refractivity contribution is -0.127. The minimum absolute atomic E-state index is 0.0296. The van der Waals surface area contributed by atoms with E-state index < -0.39 is 53.7 Å². The third-order valence-corrected chi connectivity index (χ3v) is 8.20. The molecule has 0 aliphatic rings. The Labute approximate surface area is 330 Å². The number of aromatic nitrogens is 1. The highest BCUT2D eigenvalue weighted by molar-refractivity contribution is 6.02. The Morgan fingerprint density at radius 1 is 0.860 bits per heavy atom. The molecule has 0 spiro atoms. The standard InChI is InChI=1S/C41H48N6O10/c1-25(2)34(46-39(52)57-41(3,4)5)36(49)45-31(13-10-20-43-38(42)51)35(48)44-29-17-14-27(15-18-29)24-56-40(53)47-32-22-30(55-23-26-11-8-7-9-12-26)19-16-28(32)21-33(47)37(50)54-6/h7-9,11-12,14-19,21-22,31,34H,1,10,13,20,23-24H2,2-6H3,(H,44,48)(H,45,49)(H,46,52)(H3,42,43,51)/t31-,34-/m0/s1. The van der Waals surface area contributed by atoms with Crippen molar-refractivity contribution in [2.45, 2.75) is 71.4 Å². The van der Waals surface area contributed by atoms with Crippen LogP contribution in [-0.4, -0.2) is 71.9 Å². The summed E-state index contributed by atoms with van der Waals surface area (Å²) >= 11 is 0. The molecule has 0 aliphatic heterocycles. The number of urea groups is 1. The smallest absolute Gasteiger partial charge is 0.419 e. The van der Waals surface area contributed by atoms with E-state index in [-0.39, 0.29) is 31.7 Å². The Kier molecular flexibility index (Phi) is 14.8. The maximum absolute atomic E-state index is 13.5. The second-order valence-electron chi connectivity index (χ2n) is 14.0. The summed E-state index contributed by atoms with van der Waals surface area (Å²) in [6.07, 6.45) is -1.29. The first-order valence-corrected chi connectivity index (χ1v) is 18.0. The quantitative estimate of drug-likeness (QED) is 0.0414. The van der Waals surface area contributed by atoms with Crippen LogP contribution in [0, 0.1) is 0 Å². The van der Waals surface area contributed by atoms with Crippen LogP contribution < -0.4 is 31.7 Å². The number of nitrogens with zero attached hydrogens (tertiary/aromatic N) is 1. The Morgan fingerprint density at radius 3 is 2.18 bits per heavy atom. The van der Waals surface area contributed by atoms with E-state index in [0.717, 1.165) is 10.1 Å². The van der Waals surface area contributed by atoms with Crippen molar-refractivity contribution in [3.8, 4) is 5.75 Å². The van der Waals surface area contributed by atoms with Gasteiger partial charge in [-0.3, -0.25) is 9.59 Å². The number of alkyl carbamates (subject to hydrolysis) is 1. The summed E-state index contributed by atoms with van der Waals surface area (Å²) < 4.78 is 22.9. The molecule has 57 heavy (non-hydrogen) atoms. The van der Waals surface area contributed by atoms with Gasteiger partial charge in [0.25, 0.3) is 0 Å². The molecule has 6 N–H and O–H groups in total. The fourth-order valence-corrected chi connectivity index (χ4v) is 5.47. The first-order chi connectivity index (χ1) is 27.0. The third kappa shape index (κ3) is 12.9. The van der Waals surface area contributed by atoms with Crippen LogP contribution in [0.1, 0.15) is 62.2 Å². The fraction of sp³-hybridized carbons (Fsp3) is 0.317. The second kappa shape index (κ2) is 19.7. The Balaban J connectivity index is 1.44. The van der Waals surface area contributed by atoms with Crippen LogP contribution in [0.2, 0.25) is 0 Å². The first kappa shape index (κ1) is 42.9. The van der Waals surface area contributed by atoms with Crippen molar-refractivity contribution < 1.29 is 47.7 Å². The van der Waals surface area contributed by atoms with Crippen LogP contribution in [0.15, 0.2) is 91.0 Å². The van der Waals surface area contributed by atoms with Gasteiger partial charge in [-0.15, -0.1) is 0 Å². The molecule has 1 aromatic heterocycles. The number of carbonyl (C=O) groups is 6. The number of amides is 5. The van der Waals surface area contributed by atoms with E-state index >= 15 is 0 Å². The summed E-state index contributed by atoms with van der Waals surface area (Å²) in [5.74, 6) is -1.54. The predicted molar refractivity (Wildman–Crippen MR) is 211 cm³/mol. The van der Waals surface area contributed by atoms with Gasteiger partial charge in [0.2, 0.25) is 11.8 Å². The van der Waals surface area contributed by atoms with Gasteiger partial charge in [0.05, 0.1) is 12.6 Å². The lowest BCUT2D eigenvalue weighted by atomic mass is 10.1. The van der Waals surface area contributed by atoms with Gasteiger partial charge in [-0.25, -0.2) is 23.7 Å². The SMILES string of the molecule is C=C(C)[C@H](NC(=O)OC(C)(C)C)C(=O)N[C@@H](CCCNC(N)=O)C(=O)Nc1ccc(COC(=O)n2c(C(=O)OC)cc3ccc(OCc4ccccc4)cc32)cc1. The molecule has 4 rings (SSSR count). The van der Waals surface area contributed by atoms with Crippen molar-refractivity contribution in [3.05, 3.63) is 108 Å². The molecule has 0 saturated heterocycles. The number of ether oxygens (including phenoxy) is 4. The minimum atomic E-state index is -1.20. The number of primary amides is 1. The van der Waals surface area contributed by atoms with Gasteiger partial charge >= 0.3 is 24.2 Å². The highest BCUT2D eigenvalue weighted by atomic mass is 16.6. The van der Waals surface area contributed by atoms with E-state index in [1.165, 1.54) is 13.2 Å². The van der Waals surface area contributed by atoms with Gasteiger partial charge in [0.15, 0.2) is 0 Å². The predicted octanol–water partition coefficient (Wildman–Crippen LogP) is 5.53. The number of carbonyl (C=O) groups excluding carboxylic acids is 6. The molecule has 0 saturated carbocycles. The number of hydrogen-bond donors (Lipinski definition) is 5. The van der Waals surface area contributed by atoms with E-state index in [2.05, 4.69) is 27.8 Å². The summed E-state index contributed by atoms with van der Waals surface area (Å²) in [4.78, 5) is 76.5. The Hall–Kier alpha value is -6.84. The highest BCUT2D eigenvalue weighted by Gasteiger charge is 2.29. The molecule has 0 fully saturated rings. The molecule has 2 atom stereocenters. The molecule has 0 bridgehead atoms. The Morgan fingerprint density at radius 2 is 1.54 bits per heavy atom. The van der Waals surface area contributed by atoms with Crippen LogP contribution in [-0.2, 0) is 37.0 Å². The number of methoxy groups -OCH3 is 1. The van der Waals surface area contributed by atoms with Crippen LogP contribution in [0.5, 0.6) is 5.75 Å². The van der Waals surface area contributed by atoms with Crippen LogP contribution in [0.3, 0.4) is 0 Å². The largest absolute Gasteiger partial charge is 0.489 e. The molecular formula is C41H48N6O10. The molecule has 3 aromatic carbocycles. The molecular weight excluding hydrogens is 736 g/mol. The summed E-state index contributed by atoms with van der Waals surface area (Å²) in [6, 6.07) is 19.6. The van der Waals surface area contributed by atoms with Crippen molar-refractivity contribution >= 4 is 52.6 Å². The number of hydrogen-bond acceptors (Lipinski definition) is 10. The van der Waals surface area contributed by atoms with E-state index in [1.54, 1.807) is 70.2 Å². The van der Waals surface area contributed by atoms with E-state index in [0.29, 0.717) is 40.1 Å². The summed E-state index contributed by atoms with van der Waals surface area (Å²) in [5, 5.41) is 10.9. The average Bonchev–Trinajstić information content (AvgIpc) is 3.55. The zero-order valence-corrected chi connectivity index (χ0v) is 32.5. The maximum Gasteiger partial charge on any atom is 0.419 e. The number of nitrogens with two attached hydrogens (primary N) is 1. The van der Waals surface area contributed by atoms with Gasteiger partial charge in [-0.05, 0) is 87.6 Å². The molecule has 1 heterocycles. The topological polar surface area (TPSA) is 218 Å². The molecule has 16 heteroatoms. The van der Waals surface area contributed by atoms with E-state index in [1.807, 2.05) is 30.3 Å². The molecule has 16 nitrogen and oxygen atoms in total. The fourth-order valence-electron chi connectivity index (χ4n) is 5.47. The number of fused-ring (bicyclic) bond motifs is 1. The molecule has 302 valence electrons. The van der Waals surface area contributed by atoms with E-state index in [9.17, 15) is 28.8 Å². The number of esters is 1. The number of rotatable bonds is 16. The van der Waals surface area contributed by atoms with Crippen molar-refractivity contribution in [2.24, 2.45) is 5.73 Å². The molecule has 5 amide bonds. The average molecular weight is 785 g/mol. The van der Waals surface area contributed by atoms with Crippen molar-refractivity contribution in [1.82, 2.24) is 20.5 Å². The van der Waals surface area contributed by atoms with Crippen LogP contribution in [0.25, 0.3) is 10.9 Å². The van der Waals surface area contributed by atoms with Gasteiger partial charge in [0, 0.05) is 23.7 Å². The number of anilines is 1. The highest BCUT2D eigenvalue weighted by Crippen LogP contribution is 2.27.